The van der Waals surface area contributed by atoms with Crippen molar-refractivity contribution in [3.63, 3.8) is 0 Å². The van der Waals surface area contributed by atoms with E-state index in [1.54, 1.807) is 0 Å². The van der Waals surface area contributed by atoms with Crippen molar-refractivity contribution in [2.24, 2.45) is 0 Å². The van der Waals surface area contributed by atoms with Crippen LogP contribution in [0.5, 0.6) is 0 Å². The summed E-state index contributed by atoms with van der Waals surface area (Å²) < 4.78 is 4.36. The molecule has 0 amide bonds. The van der Waals surface area contributed by atoms with Crippen LogP contribution in [0.3, 0.4) is 0 Å². The third-order valence-electron chi connectivity index (χ3n) is 0.800. The number of esters is 1. The van der Waals surface area contributed by atoms with Gasteiger partial charge in [-0.15, -0.1) is 0 Å². The molecule has 1 N–H and O–H groups in total. The summed E-state index contributed by atoms with van der Waals surface area (Å²) in [7, 11) is 1.30. The Hall–Kier alpha value is 0.0700. The summed E-state index contributed by atoms with van der Waals surface area (Å²) in [6.45, 7) is 0. The van der Waals surface area contributed by atoms with E-state index >= 15 is 0 Å². The molecule has 0 saturated carbocycles. The lowest BCUT2D eigenvalue weighted by atomic mass is 10.4. The van der Waals surface area contributed by atoms with E-state index < -0.39 is 12.0 Å². The second kappa shape index (κ2) is 4.90. The Labute approximate surface area is 64.2 Å². The maximum atomic E-state index is 10.6. The van der Waals surface area contributed by atoms with Gasteiger partial charge < -0.3 is 4.74 Å². The zero-order valence-electron chi connectivity index (χ0n) is 4.93. The third kappa shape index (κ3) is 2.93. The molecule has 9 heavy (non-hydrogen) atoms. The predicted octanol–water partition coefficient (Wildman–Crippen LogP) is 0.201. The minimum absolute atomic E-state index is 0.330. The van der Waals surface area contributed by atoms with Gasteiger partial charge in [-0.25, -0.2) is 4.84 Å². The molecule has 0 fully saturated rings. The van der Waals surface area contributed by atoms with Crippen LogP contribution in [-0.4, -0.2) is 24.9 Å². The fourth-order valence-corrected chi connectivity index (χ4v) is 0.810. The normalized spacial score (nSPS) is 12.8. The smallest absolute Gasteiger partial charge is 0.324 e. The molecular weight excluding hydrogens is 162 g/mol. The van der Waals surface area contributed by atoms with Crippen LogP contribution in [-0.2, 0) is 9.53 Å². The number of hydrogen-bond donors (Lipinski definition) is 2. The molecular formula is C4H8ClNO2S. The maximum Gasteiger partial charge on any atom is 0.324 e. The van der Waals surface area contributed by atoms with Crippen molar-refractivity contribution in [1.82, 2.24) is 4.84 Å². The first-order valence-corrected chi connectivity index (χ1v) is 3.32. The Bertz CT molecular complexity index is 96.6. The Morgan fingerprint density at radius 1 is 2.00 bits per heavy atom. The fourth-order valence-electron chi connectivity index (χ4n) is 0.296. The Kier molecular flexibility index (Phi) is 4.94. The highest BCUT2D eigenvalue weighted by Crippen LogP contribution is 1.91. The van der Waals surface area contributed by atoms with Crippen LogP contribution in [0.1, 0.15) is 0 Å². The zero-order valence-corrected chi connectivity index (χ0v) is 6.58. The van der Waals surface area contributed by atoms with Gasteiger partial charge in [-0.2, -0.15) is 12.6 Å². The predicted molar refractivity (Wildman–Crippen MR) is 38.6 cm³/mol. The fraction of sp³-hybridized carbons (Fsp3) is 0.750. The van der Waals surface area contributed by atoms with Crippen LogP contribution in [0.2, 0.25) is 0 Å². The van der Waals surface area contributed by atoms with Crippen molar-refractivity contribution in [3.8, 4) is 0 Å². The lowest BCUT2D eigenvalue weighted by Crippen LogP contribution is -2.33. The van der Waals surface area contributed by atoms with Crippen molar-refractivity contribution >= 4 is 30.4 Å². The Balaban J connectivity index is 3.64. The van der Waals surface area contributed by atoms with Gasteiger partial charge in [0.2, 0.25) is 0 Å². The molecule has 0 aliphatic heterocycles. The summed E-state index contributed by atoms with van der Waals surface area (Å²) in [4.78, 5) is 12.8. The maximum absolute atomic E-state index is 10.6. The standard InChI is InChI=1S/C4H8ClNO2S/c1-8-4(7)3(2-9)6-5/h3,6,9H,2H2,1H3. The number of carbonyl (C=O) groups excluding carboxylic acids is 1. The van der Waals surface area contributed by atoms with E-state index in [1.165, 1.54) is 7.11 Å². The quantitative estimate of drug-likeness (QED) is 0.360. The highest BCUT2D eigenvalue weighted by Gasteiger charge is 2.14. The number of thiol groups is 1. The molecule has 0 aliphatic rings. The van der Waals surface area contributed by atoms with Crippen LogP contribution in [0.4, 0.5) is 0 Å². The summed E-state index contributed by atoms with van der Waals surface area (Å²) >= 11 is 8.98. The molecule has 0 spiro atoms. The molecule has 0 radical (unpaired) electrons. The van der Waals surface area contributed by atoms with Crippen molar-refractivity contribution in [1.29, 1.82) is 0 Å². The molecule has 1 unspecified atom stereocenters. The summed E-state index contributed by atoms with van der Waals surface area (Å²) in [6, 6.07) is -0.514. The van der Waals surface area contributed by atoms with Gasteiger partial charge in [0.05, 0.1) is 7.11 Å². The molecule has 0 aromatic carbocycles. The van der Waals surface area contributed by atoms with Crippen molar-refractivity contribution < 1.29 is 9.53 Å². The van der Waals surface area contributed by atoms with E-state index in [9.17, 15) is 4.79 Å². The van der Waals surface area contributed by atoms with Gasteiger partial charge in [-0.05, 0) is 11.8 Å². The van der Waals surface area contributed by atoms with Crippen LogP contribution >= 0.6 is 24.4 Å². The number of halogens is 1. The van der Waals surface area contributed by atoms with E-state index in [0.717, 1.165) is 0 Å². The van der Waals surface area contributed by atoms with Crippen LogP contribution in [0, 0.1) is 0 Å². The molecule has 5 heteroatoms. The number of ether oxygens (including phenoxy) is 1. The molecule has 0 aliphatic carbocycles. The molecule has 0 aromatic rings. The lowest BCUT2D eigenvalue weighted by molar-refractivity contribution is -0.141. The van der Waals surface area contributed by atoms with Gasteiger partial charge >= 0.3 is 5.97 Å². The van der Waals surface area contributed by atoms with Crippen LogP contribution in [0.15, 0.2) is 0 Å². The highest BCUT2D eigenvalue weighted by molar-refractivity contribution is 7.80. The van der Waals surface area contributed by atoms with Gasteiger partial charge in [0.1, 0.15) is 6.04 Å². The highest BCUT2D eigenvalue weighted by atomic mass is 35.5. The lowest BCUT2D eigenvalue weighted by Gasteiger charge is -2.06. The van der Waals surface area contributed by atoms with Crippen LogP contribution in [0.25, 0.3) is 0 Å². The molecule has 3 nitrogen and oxygen atoms in total. The topological polar surface area (TPSA) is 38.3 Å². The van der Waals surface area contributed by atoms with Gasteiger partial charge in [0, 0.05) is 5.75 Å². The zero-order chi connectivity index (χ0) is 7.28. The Morgan fingerprint density at radius 2 is 2.56 bits per heavy atom. The average Bonchev–Trinajstić information content (AvgIpc) is 1.90. The van der Waals surface area contributed by atoms with Crippen molar-refractivity contribution in [2.45, 2.75) is 6.04 Å². The van der Waals surface area contributed by atoms with E-state index in [2.05, 4.69) is 22.2 Å². The number of rotatable bonds is 3. The van der Waals surface area contributed by atoms with Gasteiger partial charge in [0.15, 0.2) is 0 Å². The summed E-state index contributed by atoms with van der Waals surface area (Å²) in [5, 5.41) is 0. The SMILES string of the molecule is COC(=O)C(CS)NCl. The molecule has 1 atom stereocenters. The van der Waals surface area contributed by atoms with Crippen LogP contribution < -0.4 is 4.84 Å². The molecule has 54 valence electrons. The second-order valence-electron chi connectivity index (χ2n) is 1.37. The van der Waals surface area contributed by atoms with Crippen molar-refractivity contribution in [3.05, 3.63) is 0 Å². The first-order valence-electron chi connectivity index (χ1n) is 2.31. The summed E-state index contributed by atoms with van der Waals surface area (Å²) in [5.41, 5.74) is 0. The first-order chi connectivity index (χ1) is 4.26. The van der Waals surface area contributed by atoms with E-state index in [4.69, 9.17) is 11.8 Å². The molecule has 0 rings (SSSR count). The van der Waals surface area contributed by atoms with Gasteiger partial charge in [-0.1, -0.05) is 0 Å². The first kappa shape index (κ1) is 9.07. The third-order valence-corrected chi connectivity index (χ3v) is 1.43. The second-order valence-corrected chi connectivity index (χ2v) is 1.95. The molecule has 0 aromatic heterocycles. The molecule has 0 heterocycles. The minimum Gasteiger partial charge on any atom is -0.468 e. The van der Waals surface area contributed by atoms with E-state index in [0.29, 0.717) is 5.75 Å². The van der Waals surface area contributed by atoms with Gasteiger partial charge in [-0.3, -0.25) is 4.79 Å². The van der Waals surface area contributed by atoms with E-state index in [1.807, 2.05) is 0 Å². The number of methoxy groups -OCH3 is 1. The molecule has 0 bridgehead atoms. The van der Waals surface area contributed by atoms with Gasteiger partial charge in [0.25, 0.3) is 0 Å². The minimum atomic E-state index is -0.514. The number of nitrogens with one attached hydrogen (secondary N) is 1. The molecule has 0 saturated heterocycles. The average molecular weight is 170 g/mol. The largest absolute Gasteiger partial charge is 0.468 e. The number of carbonyl (C=O) groups is 1. The van der Waals surface area contributed by atoms with Crippen molar-refractivity contribution in [2.75, 3.05) is 12.9 Å². The summed E-state index contributed by atoms with van der Waals surface area (Å²) in [6.07, 6.45) is 0. The Morgan fingerprint density at radius 3 is 2.67 bits per heavy atom. The summed E-state index contributed by atoms with van der Waals surface area (Å²) in [5.74, 6) is -0.0732. The number of hydrogen-bond acceptors (Lipinski definition) is 4. The monoisotopic (exact) mass is 169 g/mol. The van der Waals surface area contributed by atoms with E-state index in [-0.39, 0.29) is 0 Å².